The van der Waals surface area contributed by atoms with Gasteiger partial charge in [0.25, 0.3) is 0 Å². The van der Waals surface area contributed by atoms with Crippen molar-refractivity contribution < 1.29 is 73.8 Å². The molecule has 3 heterocycles. The average molecular weight is 652 g/mol. The lowest BCUT2D eigenvalue weighted by Gasteiger charge is -2.47. The monoisotopic (exact) mass is 651 g/mol. The Kier molecular flexibility index (Phi) is 13.3. The highest BCUT2D eigenvalue weighted by Crippen LogP contribution is 2.34. The fourth-order valence-corrected chi connectivity index (χ4v) is 6.48. The molecule has 0 aromatic heterocycles. The first-order valence-electron chi connectivity index (χ1n) is 15.8. The molecule has 4 aliphatic rings. The van der Waals surface area contributed by atoms with E-state index in [0.29, 0.717) is 0 Å². The zero-order valence-electron chi connectivity index (χ0n) is 25.6. The summed E-state index contributed by atoms with van der Waals surface area (Å²) >= 11 is 0. The molecular formula is C29H49NO15. The number of aliphatic carboxylic acids is 1. The molecule has 16 nitrogen and oxygen atoms in total. The standard InChI is InChI=1S/C29H49NO15/c1-13-20(33)22(35)23(36)28(41-13)45-25-16(8-9-40-18(25)11-30-14(2)32)43-29-24(37)26(21(34)19(12-31)44-29)42-17(27(38)39)10-15-6-4-3-5-7-15/h13,15-26,28-29,31,33-37H,3-12H2,1-2H3,(H,30,32)(H,38,39)/t13-,16+,17-,18+,19+,20+,21-,22+,23-,24+,25-,26-,28-,29+/m0/s1. The Morgan fingerprint density at radius 1 is 0.844 bits per heavy atom. The van der Waals surface area contributed by atoms with Gasteiger partial charge in [0.05, 0.1) is 18.8 Å². The van der Waals surface area contributed by atoms with Gasteiger partial charge in [0.15, 0.2) is 18.7 Å². The third-order valence-corrected chi connectivity index (χ3v) is 9.12. The SMILES string of the molecule is CC(=O)NC[C@H]1OCC[C@@H](O[C@@H]2O[C@H](CO)[C@H](O)[C@H](O[C@@H](CC3CCCCC3)C(=O)O)[C@H]2O)[C@@H]1O[C@@H]1O[C@@H](C)[C@@H](O)[C@@H](O)[C@@H]1O. The number of carboxylic acid groups (broad SMARTS) is 1. The Bertz CT molecular complexity index is 953. The second-order valence-corrected chi connectivity index (χ2v) is 12.5. The second-order valence-electron chi connectivity index (χ2n) is 12.5. The van der Waals surface area contributed by atoms with E-state index in [1.165, 1.54) is 13.8 Å². The molecule has 14 atom stereocenters. The highest BCUT2D eigenvalue weighted by atomic mass is 16.7. The van der Waals surface area contributed by atoms with E-state index >= 15 is 0 Å². The molecule has 0 aromatic rings. The van der Waals surface area contributed by atoms with Crippen molar-refractivity contribution in [2.24, 2.45) is 5.92 Å². The smallest absolute Gasteiger partial charge is 0.332 e. The van der Waals surface area contributed by atoms with E-state index in [1.54, 1.807) is 0 Å². The van der Waals surface area contributed by atoms with Crippen LogP contribution in [0, 0.1) is 5.92 Å². The third-order valence-electron chi connectivity index (χ3n) is 9.12. The average Bonchev–Trinajstić information content (AvgIpc) is 3.01. The van der Waals surface area contributed by atoms with Crippen LogP contribution in [0.4, 0.5) is 0 Å². The topological polar surface area (TPSA) is 243 Å². The Morgan fingerprint density at radius 2 is 1.53 bits per heavy atom. The molecule has 1 amide bonds. The lowest BCUT2D eigenvalue weighted by molar-refractivity contribution is -0.355. The number of hydrogen-bond acceptors (Lipinski definition) is 14. The van der Waals surface area contributed by atoms with Gasteiger partial charge < -0.3 is 69.5 Å². The normalized spacial score (nSPS) is 42.2. The number of amides is 1. The second kappa shape index (κ2) is 16.5. The van der Waals surface area contributed by atoms with E-state index in [2.05, 4.69) is 5.32 Å². The first-order chi connectivity index (χ1) is 21.4. The van der Waals surface area contributed by atoms with Crippen molar-refractivity contribution in [1.29, 1.82) is 0 Å². The van der Waals surface area contributed by atoms with Gasteiger partial charge >= 0.3 is 5.97 Å². The van der Waals surface area contributed by atoms with Gasteiger partial charge in [0.2, 0.25) is 5.91 Å². The maximum atomic E-state index is 12.2. The van der Waals surface area contributed by atoms with Crippen molar-refractivity contribution in [3.05, 3.63) is 0 Å². The fraction of sp³-hybridized carbons (Fsp3) is 0.931. The zero-order valence-corrected chi connectivity index (χ0v) is 25.6. The molecule has 4 fully saturated rings. The Hall–Kier alpha value is -1.54. The molecule has 0 spiro atoms. The van der Waals surface area contributed by atoms with Crippen LogP contribution >= 0.6 is 0 Å². The summed E-state index contributed by atoms with van der Waals surface area (Å²) in [5.74, 6) is -1.47. The first-order valence-corrected chi connectivity index (χ1v) is 15.8. The molecule has 16 heteroatoms. The molecule has 4 rings (SSSR count). The van der Waals surface area contributed by atoms with Gasteiger partial charge in [-0.3, -0.25) is 4.79 Å². The van der Waals surface area contributed by atoms with Crippen LogP contribution in [-0.2, 0) is 38.0 Å². The van der Waals surface area contributed by atoms with Gasteiger partial charge in [0, 0.05) is 20.1 Å². The molecule has 1 saturated carbocycles. The highest BCUT2D eigenvalue weighted by Gasteiger charge is 2.51. The summed E-state index contributed by atoms with van der Waals surface area (Å²) in [5, 5.41) is 75.7. The van der Waals surface area contributed by atoms with Crippen LogP contribution < -0.4 is 5.32 Å². The Labute approximate surface area is 261 Å². The molecule has 0 aromatic carbocycles. The lowest BCUT2D eigenvalue weighted by atomic mass is 9.85. The molecule has 45 heavy (non-hydrogen) atoms. The van der Waals surface area contributed by atoms with Gasteiger partial charge in [-0.1, -0.05) is 32.1 Å². The lowest BCUT2D eigenvalue weighted by Crippen LogP contribution is -2.64. The van der Waals surface area contributed by atoms with Crippen molar-refractivity contribution >= 4 is 11.9 Å². The van der Waals surface area contributed by atoms with Crippen LogP contribution in [-0.4, -0.2) is 153 Å². The maximum Gasteiger partial charge on any atom is 0.332 e. The van der Waals surface area contributed by atoms with Crippen molar-refractivity contribution in [3.63, 3.8) is 0 Å². The number of carbonyl (C=O) groups is 2. The van der Waals surface area contributed by atoms with Crippen molar-refractivity contribution in [1.82, 2.24) is 5.32 Å². The Morgan fingerprint density at radius 3 is 2.18 bits per heavy atom. The molecule has 0 bridgehead atoms. The van der Waals surface area contributed by atoms with E-state index in [0.717, 1.165) is 32.1 Å². The Balaban J connectivity index is 1.52. The van der Waals surface area contributed by atoms with Crippen LogP contribution in [0.3, 0.4) is 0 Å². The van der Waals surface area contributed by atoms with E-state index in [-0.39, 0.29) is 37.8 Å². The number of aliphatic hydroxyl groups is 6. The van der Waals surface area contributed by atoms with Gasteiger partial charge in [-0.05, 0) is 25.7 Å². The first kappa shape index (κ1) is 36.3. The highest BCUT2D eigenvalue weighted by molar-refractivity contribution is 5.73. The number of rotatable bonds is 12. The molecule has 0 unspecified atom stereocenters. The van der Waals surface area contributed by atoms with Crippen LogP contribution in [0.15, 0.2) is 0 Å². The van der Waals surface area contributed by atoms with E-state index < -0.39 is 98.4 Å². The van der Waals surface area contributed by atoms with Crippen LogP contribution in [0.2, 0.25) is 0 Å². The van der Waals surface area contributed by atoms with E-state index in [4.69, 9.17) is 28.4 Å². The summed E-state index contributed by atoms with van der Waals surface area (Å²) in [6, 6.07) is 0. The summed E-state index contributed by atoms with van der Waals surface area (Å²) in [6.07, 6.45) is -13.6. The maximum absolute atomic E-state index is 12.2. The molecule has 3 aliphatic heterocycles. The van der Waals surface area contributed by atoms with Crippen molar-refractivity contribution in [2.45, 2.75) is 145 Å². The van der Waals surface area contributed by atoms with Crippen molar-refractivity contribution in [3.8, 4) is 0 Å². The van der Waals surface area contributed by atoms with Gasteiger partial charge in [0.1, 0.15) is 54.9 Å². The molecule has 260 valence electrons. The number of nitrogens with one attached hydrogen (secondary N) is 1. The van der Waals surface area contributed by atoms with Gasteiger partial charge in [-0.15, -0.1) is 0 Å². The van der Waals surface area contributed by atoms with Crippen LogP contribution in [0.25, 0.3) is 0 Å². The summed E-state index contributed by atoms with van der Waals surface area (Å²) in [5.41, 5.74) is 0. The largest absolute Gasteiger partial charge is 0.479 e. The third kappa shape index (κ3) is 9.09. The molecule has 0 radical (unpaired) electrons. The predicted octanol–water partition coefficient (Wildman–Crippen LogP) is -2.24. The molecular weight excluding hydrogens is 602 g/mol. The van der Waals surface area contributed by atoms with Gasteiger partial charge in [-0.2, -0.15) is 0 Å². The molecule has 1 aliphatic carbocycles. The minimum absolute atomic E-state index is 0.0390. The number of hydrogen-bond donors (Lipinski definition) is 8. The van der Waals surface area contributed by atoms with Gasteiger partial charge in [-0.25, -0.2) is 4.79 Å². The molecule has 8 N–H and O–H groups in total. The summed E-state index contributed by atoms with van der Waals surface area (Å²) in [7, 11) is 0. The van der Waals surface area contributed by atoms with Crippen LogP contribution in [0.5, 0.6) is 0 Å². The quantitative estimate of drug-likeness (QED) is 0.111. The fourth-order valence-electron chi connectivity index (χ4n) is 6.48. The summed E-state index contributed by atoms with van der Waals surface area (Å²) in [6.45, 7) is 2.20. The van der Waals surface area contributed by atoms with E-state index in [9.17, 15) is 45.3 Å². The van der Waals surface area contributed by atoms with E-state index in [1.807, 2.05) is 0 Å². The summed E-state index contributed by atoms with van der Waals surface area (Å²) < 4.78 is 35.2. The van der Waals surface area contributed by atoms with Crippen LogP contribution in [0.1, 0.15) is 58.8 Å². The minimum Gasteiger partial charge on any atom is -0.479 e. The zero-order chi connectivity index (χ0) is 32.8. The predicted molar refractivity (Wildman–Crippen MR) is 150 cm³/mol. The minimum atomic E-state index is -1.69. The number of carboxylic acids is 1. The summed E-state index contributed by atoms with van der Waals surface area (Å²) in [4.78, 5) is 23.8. The van der Waals surface area contributed by atoms with Crippen molar-refractivity contribution in [2.75, 3.05) is 19.8 Å². The molecule has 3 saturated heterocycles. The number of ether oxygens (including phenoxy) is 6. The number of aliphatic hydroxyl groups excluding tert-OH is 6. The number of carbonyl (C=O) groups excluding carboxylic acids is 1.